The molecule has 0 spiro atoms. The molecule has 0 unspecified atom stereocenters. The lowest BCUT2D eigenvalue weighted by Gasteiger charge is -2.11. The van der Waals surface area contributed by atoms with Crippen molar-refractivity contribution < 1.29 is 4.79 Å². The highest BCUT2D eigenvalue weighted by atomic mass is 16.1. The molecule has 0 aromatic heterocycles. The Labute approximate surface area is 116 Å². The summed E-state index contributed by atoms with van der Waals surface area (Å²) in [6.45, 7) is 0.540. The fourth-order valence-electron chi connectivity index (χ4n) is 1.83. The van der Waals surface area contributed by atoms with Crippen molar-refractivity contribution in [1.82, 2.24) is 0 Å². The van der Waals surface area contributed by atoms with E-state index < -0.39 is 5.91 Å². The molecule has 20 heavy (non-hydrogen) atoms. The lowest BCUT2D eigenvalue weighted by Crippen LogP contribution is -2.14. The van der Waals surface area contributed by atoms with Gasteiger partial charge in [0.1, 0.15) is 0 Å². The summed E-state index contributed by atoms with van der Waals surface area (Å²) in [5, 5.41) is 11.9. The van der Waals surface area contributed by atoms with Crippen LogP contribution in [0.15, 0.2) is 42.5 Å². The largest absolute Gasteiger partial charge is 0.396 e. The van der Waals surface area contributed by atoms with E-state index in [-0.39, 0.29) is 0 Å². The number of carbonyl (C=O) groups is 1. The number of carbonyl (C=O) groups excluding carboxylic acids is 1. The number of hydrogen-bond acceptors (Lipinski definition) is 4. The summed E-state index contributed by atoms with van der Waals surface area (Å²) in [5.41, 5.74) is 14.1. The van der Waals surface area contributed by atoms with Gasteiger partial charge in [0, 0.05) is 6.54 Å². The van der Waals surface area contributed by atoms with Crippen molar-refractivity contribution >= 4 is 17.3 Å². The normalized spacial score (nSPS) is 9.75. The van der Waals surface area contributed by atoms with Crippen LogP contribution < -0.4 is 16.8 Å². The highest BCUT2D eigenvalue weighted by molar-refractivity contribution is 6.00. The molecule has 0 heterocycles. The van der Waals surface area contributed by atoms with Gasteiger partial charge in [-0.25, -0.2) is 0 Å². The van der Waals surface area contributed by atoms with E-state index in [2.05, 4.69) is 11.4 Å². The Morgan fingerprint density at radius 2 is 1.90 bits per heavy atom. The minimum Gasteiger partial charge on any atom is -0.396 e. The number of rotatable bonds is 4. The third-order valence-corrected chi connectivity index (χ3v) is 2.94. The molecule has 1 amide bonds. The summed E-state index contributed by atoms with van der Waals surface area (Å²) in [5.74, 6) is -0.551. The topological polar surface area (TPSA) is 105 Å². The van der Waals surface area contributed by atoms with E-state index in [0.29, 0.717) is 29.0 Å². The van der Waals surface area contributed by atoms with Crippen LogP contribution in [0.3, 0.4) is 0 Å². The molecule has 0 saturated heterocycles. The molecule has 2 rings (SSSR count). The van der Waals surface area contributed by atoms with Gasteiger partial charge in [-0.2, -0.15) is 5.26 Å². The molecule has 0 aliphatic heterocycles. The molecule has 5 nitrogen and oxygen atoms in total. The van der Waals surface area contributed by atoms with E-state index >= 15 is 0 Å². The standard InChI is InChI=1S/C15H14N4O/c16-8-10-4-6-11(7-5-10)9-19-13-3-1-2-12(14(13)17)15(18)20/h1-7,19H,9,17H2,(H2,18,20). The van der Waals surface area contributed by atoms with Gasteiger partial charge in [0.15, 0.2) is 0 Å². The molecule has 0 aliphatic carbocycles. The lowest BCUT2D eigenvalue weighted by atomic mass is 10.1. The van der Waals surface area contributed by atoms with Crippen LogP contribution in [0, 0.1) is 11.3 Å². The van der Waals surface area contributed by atoms with Crippen LogP contribution >= 0.6 is 0 Å². The van der Waals surface area contributed by atoms with Gasteiger partial charge in [-0.15, -0.1) is 0 Å². The van der Waals surface area contributed by atoms with E-state index in [1.165, 1.54) is 0 Å². The average molecular weight is 266 g/mol. The molecule has 0 saturated carbocycles. The Bertz CT molecular complexity index is 671. The Morgan fingerprint density at radius 3 is 2.50 bits per heavy atom. The smallest absolute Gasteiger partial charge is 0.250 e. The van der Waals surface area contributed by atoms with Crippen LogP contribution in [-0.2, 0) is 6.54 Å². The van der Waals surface area contributed by atoms with Crippen molar-refractivity contribution in [3.8, 4) is 6.07 Å². The first-order valence-electron chi connectivity index (χ1n) is 6.03. The van der Waals surface area contributed by atoms with Crippen molar-refractivity contribution in [3.63, 3.8) is 0 Å². The summed E-state index contributed by atoms with van der Waals surface area (Å²) in [6, 6.07) is 14.4. The predicted molar refractivity (Wildman–Crippen MR) is 77.9 cm³/mol. The second-order valence-corrected chi connectivity index (χ2v) is 4.29. The van der Waals surface area contributed by atoms with E-state index in [1.54, 1.807) is 30.3 Å². The molecule has 100 valence electrons. The number of hydrogen-bond donors (Lipinski definition) is 3. The maximum Gasteiger partial charge on any atom is 0.250 e. The number of anilines is 2. The van der Waals surface area contributed by atoms with Crippen molar-refractivity contribution in [1.29, 1.82) is 5.26 Å². The van der Waals surface area contributed by atoms with Crippen LogP contribution in [0.2, 0.25) is 0 Å². The van der Waals surface area contributed by atoms with Gasteiger partial charge in [0.25, 0.3) is 5.91 Å². The Hall–Kier alpha value is -3.00. The first-order chi connectivity index (χ1) is 9.61. The molecule has 5 N–H and O–H groups in total. The van der Waals surface area contributed by atoms with Gasteiger partial charge in [-0.1, -0.05) is 18.2 Å². The third-order valence-electron chi connectivity index (χ3n) is 2.94. The number of nitrogens with one attached hydrogen (secondary N) is 1. The third kappa shape index (κ3) is 2.87. The lowest BCUT2D eigenvalue weighted by molar-refractivity contribution is 0.100. The molecule has 2 aromatic rings. The van der Waals surface area contributed by atoms with E-state index in [0.717, 1.165) is 5.56 Å². The summed E-state index contributed by atoms with van der Waals surface area (Å²) in [4.78, 5) is 11.2. The van der Waals surface area contributed by atoms with Crippen LogP contribution in [0.1, 0.15) is 21.5 Å². The number of nitrogens with two attached hydrogens (primary N) is 2. The monoisotopic (exact) mass is 266 g/mol. The van der Waals surface area contributed by atoms with Crippen LogP contribution in [0.5, 0.6) is 0 Å². The molecule has 0 atom stereocenters. The summed E-state index contributed by atoms with van der Waals surface area (Å²) < 4.78 is 0. The number of para-hydroxylation sites is 1. The number of primary amides is 1. The second kappa shape index (κ2) is 5.76. The number of nitrogen functional groups attached to an aromatic ring is 1. The quantitative estimate of drug-likeness (QED) is 0.734. The fourth-order valence-corrected chi connectivity index (χ4v) is 1.83. The predicted octanol–water partition coefficient (Wildman–Crippen LogP) is 1.85. The fraction of sp³-hybridized carbons (Fsp3) is 0.0667. The maximum absolute atomic E-state index is 11.2. The van der Waals surface area contributed by atoms with Crippen LogP contribution in [0.4, 0.5) is 11.4 Å². The minimum atomic E-state index is -0.551. The molecule has 0 fully saturated rings. The van der Waals surface area contributed by atoms with Gasteiger partial charge in [0.05, 0.1) is 28.6 Å². The zero-order valence-corrected chi connectivity index (χ0v) is 10.8. The molecular weight excluding hydrogens is 252 g/mol. The second-order valence-electron chi connectivity index (χ2n) is 4.29. The van der Waals surface area contributed by atoms with Gasteiger partial charge in [-0.3, -0.25) is 4.79 Å². The van der Waals surface area contributed by atoms with Crippen LogP contribution in [0.25, 0.3) is 0 Å². The first kappa shape index (κ1) is 13.4. The van der Waals surface area contributed by atoms with Crippen molar-refractivity contribution in [2.75, 3.05) is 11.1 Å². The van der Waals surface area contributed by atoms with Gasteiger partial charge in [0.2, 0.25) is 0 Å². The molecular formula is C15H14N4O. The Morgan fingerprint density at radius 1 is 1.20 bits per heavy atom. The average Bonchev–Trinajstić information content (AvgIpc) is 2.46. The zero-order chi connectivity index (χ0) is 14.5. The molecule has 0 radical (unpaired) electrons. The SMILES string of the molecule is N#Cc1ccc(CNc2cccc(C(N)=O)c2N)cc1. The number of amides is 1. The first-order valence-corrected chi connectivity index (χ1v) is 6.03. The highest BCUT2D eigenvalue weighted by Gasteiger charge is 2.08. The van der Waals surface area contributed by atoms with E-state index in [9.17, 15) is 4.79 Å². The van der Waals surface area contributed by atoms with Crippen molar-refractivity contribution in [2.24, 2.45) is 5.73 Å². The molecule has 2 aromatic carbocycles. The van der Waals surface area contributed by atoms with Crippen LogP contribution in [-0.4, -0.2) is 5.91 Å². The number of benzene rings is 2. The number of nitrogens with zero attached hydrogens (tertiary/aromatic N) is 1. The van der Waals surface area contributed by atoms with E-state index in [1.807, 2.05) is 12.1 Å². The molecule has 0 bridgehead atoms. The van der Waals surface area contributed by atoms with E-state index in [4.69, 9.17) is 16.7 Å². The summed E-state index contributed by atoms with van der Waals surface area (Å²) in [7, 11) is 0. The number of nitriles is 1. The van der Waals surface area contributed by atoms with Gasteiger partial charge < -0.3 is 16.8 Å². The van der Waals surface area contributed by atoms with Crippen molar-refractivity contribution in [2.45, 2.75) is 6.54 Å². The summed E-state index contributed by atoms with van der Waals surface area (Å²) >= 11 is 0. The maximum atomic E-state index is 11.2. The van der Waals surface area contributed by atoms with Gasteiger partial charge in [-0.05, 0) is 29.8 Å². The zero-order valence-electron chi connectivity index (χ0n) is 10.8. The Balaban J connectivity index is 2.13. The molecule has 5 heteroatoms. The molecule has 0 aliphatic rings. The van der Waals surface area contributed by atoms with Gasteiger partial charge >= 0.3 is 0 Å². The Kier molecular flexibility index (Phi) is 3.87. The summed E-state index contributed by atoms with van der Waals surface area (Å²) in [6.07, 6.45) is 0. The highest BCUT2D eigenvalue weighted by Crippen LogP contribution is 2.23. The minimum absolute atomic E-state index is 0.301. The van der Waals surface area contributed by atoms with Crippen molar-refractivity contribution in [3.05, 3.63) is 59.2 Å².